The Morgan fingerprint density at radius 2 is 1.88 bits per heavy atom. The fraction of sp³-hybridized carbons (Fsp3) is 0.588. The molecule has 1 aromatic carbocycles. The Balaban J connectivity index is 2.27. The molecule has 1 saturated carbocycles. The zero-order valence-electron chi connectivity index (χ0n) is 14.1. The lowest BCUT2D eigenvalue weighted by Crippen LogP contribution is -2.16. The molecule has 0 aliphatic heterocycles. The first-order valence-corrected chi connectivity index (χ1v) is 8.16. The number of ether oxygens (including phenoxy) is 3. The number of carbonyl (C=O) groups excluding carboxylic acids is 1. The summed E-state index contributed by atoms with van der Waals surface area (Å²) in [6.07, 6.45) is 6.49. The van der Waals surface area contributed by atoms with Crippen LogP contribution in [-0.2, 0) is 16.1 Å². The number of nitro benzene ring substituents is 1. The van der Waals surface area contributed by atoms with Crippen molar-refractivity contribution in [3.05, 3.63) is 27.8 Å². The third kappa shape index (κ3) is 4.84. The molecule has 1 aromatic rings. The molecule has 0 heterocycles. The standard InChI is InChI=1S/C17H23NO6/c1-12(19)23-11-13-9-16(22-2)17(10-15(13)18(20)21)24-14-7-5-3-4-6-8-14/h9-10,14H,3-8,11H2,1-2H3. The maximum absolute atomic E-state index is 11.3. The van der Waals surface area contributed by atoms with Crippen LogP contribution in [0.3, 0.4) is 0 Å². The third-order valence-electron chi connectivity index (χ3n) is 4.09. The number of methoxy groups -OCH3 is 1. The van der Waals surface area contributed by atoms with Gasteiger partial charge in [0, 0.05) is 6.92 Å². The van der Waals surface area contributed by atoms with Gasteiger partial charge >= 0.3 is 5.97 Å². The number of benzene rings is 1. The number of nitro groups is 1. The molecule has 1 fully saturated rings. The molecule has 7 heteroatoms. The van der Waals surface area contributed by atoms with E-state index >= 15 is 0 Å². The van der Waals surface area contributed by atoms with E-state index in [1.54, 1.807) is 0 Å². The first-order chi connectivity index (χ1) is 11.5. The molecule has 132 valence electrons. The van der Waals surface area contributed by atoms with Gasteiger partial charge in [-0.1, -0.05) is 12.8 Å². The Kier molecular flexibility index (Phi) is 6.40. The Morgan fingerprint density at radius 1 is 1.21 bits per heavy atom. The lowest BCUT2D eigenvalue weighted by atomic mass is 10.1. The van der Waals surface area contributed by atoms with Gasteiger partial charge in [0.25, 0.3) is 5.69 Å². The molecule has 0 bridgehead atoms. The van der Waals surface area contributed by atoms with Crippen LogP contribution in [-0.4, -0.2) is 24.1 Å². The van der Waals surface area contributed by atoms with Crippen molar-refractivity contribution in [2.24, 2.45) is 0 Å². The van der Waals surface area contributed by atoms with E-state index in [1.807, 2.05) is 0 Å². The SMILES string of the molecule is COc1cc(COC(C)=O)c([N+](=O)[O-])cc1OC1CCCCCC1. The highest BCUT2D eigenvalue weighted by Gasteiger charge is 2.23. The van der Waals surface area contributed by atoms with Gasteiger partial charge < -0.3 is 14.2 Å². The molecule has 0 aromatic heterocycles. The summed E-state index contributed by atoms with van der Waals surface area (Å²) < 4.78 is 16.2. The predicted octanol–water partition coefficient (Wildman–Crippen LogP) is 3.77. The highest BCUT2D eigenvalue weighted by atomic mass is 16.6. The monoisotopic (exact) mass is 337 g/mol. The number of carbonyl (C=O) groups is 1. The van der Waals surface area contributed by atoms with E-state index in [-0.39, 0.29) is 24.0 Å². The summed E-state index contributed by atoms with van der Waals surface area (Å²) in [6.45, 7) is 1.08. The topological polar surface area (TPSA) is 87.9 Å². The Morgan fingerprint density at radius 3 is 2.42 bits per heavy atom. The highest BCUT2D eigenvalue weighted by molar-refractivity contribution is 5.66. The molecule has 0 radical (unpaired) electrons. The Hall–Kier alpha value is -2.31. The van der Waals surface area contributed by atoms with Gasteiger partial charge in [-0.2, -0.15) is 0 Å². The van der Waals surface area contributed by atoms with Crippen molar-refractivity contribution >= 4 is 11.7 Å². The zero-order chi connectivity index (χ0) is 17.5. The van der Waals surface area contributed by atoms with Crippen LogP contribution in [0.2, 0.25) is 0 Å². The van der Waals surface area contributed by atoms with Crippen molar-refractivity contribution in [1.29, 1.82) is 0 Å². The molecular formula is C17H23NO6. The first kappa shape index (κ1) is 18.0. The molecule has 1 aliphatic carbocycles. The maximum Gasteiger partial charge on any atom is 0.302 e. The van der Waals surface area contributed by atoms with Crippen LogP contribution < -0.4 is 9.47 Å². The van der Waals surface area contributed by atoms with E-state index in [9.17, 15) is 14.9 Å². The van der Waals surface area contributed by atoms with Crippen LogP contribution in [0, 0.1) is 10.1 Å². The van der Waals surface area contributed by atoms with E-state index in [1.165, 1.54) is 39.0 Å². The molecule has 1 aliphatic rings. The lowest BCUT2D eigenvalue weighted by Gasteiger charge is -2.19. The van der Waals surface area contributed by atoms with E-state index in [0.717, 1.165) is 25.7 Å². The first-order valence-electron chi connectivity index (χ1n) is 8.16. The fourth-order valence-corrected chi connectivity index (χ4v) is 2.85. The van der Waals surface area contributed by atoms with Crippen LogP contribution >= 0.6 is 0 Å². The van der Waals surface area contributed by atoms with Gasteiger partial charge in [0.05, 0.1) is 29.8 Å². The molecular weight excluding hydrogens is 314 g/mol. The van der Waals surface area contributed by atoms with Gasteiger partial charge in [0.1, 0.15) is 6.61 Å². The average Bonchev–Trinajstić information content (AvgIpc) is 2.81. The average molecular weight is 337 g/mol. The van der Waals surface area contributed by atoms with Crippen LogP contribution in [0.4, 0.5) is 5.69 Å². The van der Waals surface area contributed by atoms with Crippen LogP contribution in [0.15, 0.2) is 12.1 Å². The van der Waals surface area contributed by atoms with Gasteiger partial charge in [0.2, 0.25) is 0 Å². The minimum atomic E-state index is -0.502. The molecule has 0 amide bonds. The summed E-state index contributed by atoms with van der Waals surface area (Å²) in [5.41, 5.74) is 0.140. The zero-order valence-corrected chi connectivity index (χ0v) is 14.1. The molecule has 7 nitrogen and oxygen atoms in total. The summed E-state index contributed by atoms with van der Waals surface area (Å²) >= 11 is 0. The van der Waals surface area contributed by atoms with Crippen LogP contribution in [0.5, 0.6) is 11.5 Å². The lowest BCUT2D eigenvalue weighted by molar-refractivity contribution is -0.386. The Bertz CT molecular complexity index is 593. The summed E-state index contributed by atoms with van der Waals surface area (Å²) in [7, 11) is 1.48. The van der Waals surface area contributed by atoms with E-state index in [4.69, 9.17) is 14.2 Å². The van der Waals surface area contributed by atoms with Crippen molar-refractivity contribution in [2.45, 2.75) is 58.2 Å². The van der Waals surface area contributed by atoms with Crippen molar-refractivity contribution in [3.8, 4) is 11.5 Å². The molecule has 0 spiro atoms. The normalized spacial score (nSPS) is 15.4. The van der Waals surface area contributed by atoms with E-state index < -0.39 is 10.9 Å². The third-order valence-corrected chi connectivity index (χ3v) is 4.09. The van der Waals surface area contributed by atoms with E-state index in [0.29, 0.717) is 11.5 Å². The van der Waals surface area contributed by atoms with Gasteiger partial charge in [-0.05, 0) is 31.7 Å². The van der Waals surface area contributed by atoms with E-state index in [2.05, 4.69) is 0 Å². The van der Waals surface area contributed by atoms with Crippen molar-refractivity contribution < 1.29 is 23.9 Å². The molecule has 24 heavy (non-hydrogen) atoms. The summed E-state index contributed by atoms with van der Waals surface area (Å²) in [6, 6.07) is 2.87. The quantitative estimate of drug-likeness (QED) is 0.340. The fourth-order valence-electron chi connectivity index (χ4n) is 2.85. The largest absolute Gasteiger partial charge is 0.493 e. The molecule has 0 unspecified atom stereocenters. The molecule has 0 saturated heterocycles. The van der Waals surface area contributed by atoms with Gasteiger partial charge in [-0.25, -0.2) is 0 Å². The second-order valence-corrected chi connectivity index (χ2v) is 5.90. The Labute approximate surface area is 141 Å². The second-order valence-electron chi connectivity index (χ2n) is 5.90. The number of hydrogen-bond acceptors (Lipinski definition) is 6. The van der Waals surface area contributed by atoms with Gasteiger partial charge in [-0.3, -0.25) is 14.9 Å². The van der Waals surface area contributed by atoms with Crippen molar-refractivity contribution in [1.82, 2.24) is 0 Å². The number of esters is 1. The summed E-state index contributed by atoms with van der Waals surface area (Å²) in [5.74, 6) is 0.275. The predicted molar refractivity (Wildman–Crippen MR) is 87.2 cm³/mol. The minimum absolute atomic E-state index is 0.0420. The summed E-state index contributed by atoms with van der Waals surface area (Å²) in [4.78, 5) is 21.8. The highest BCUT2D eigenvalue weighted by Crippen LogP contribution is 2.37. The van der Waals surface area contributed by atoms with Gasteiger partial charge in [0.15, 0.2) is 11.5 Å². The van der Waals surface area contributed by atoms with Crippen molar-refractivity contribution in [3.63, 3.8) is 0 Å². The smallest absolute Gasteiger partial charge is 0.302 e. The number of hydrogen-bond donors (Lipinski definition) is 0. The molecule has 0 atom stereocenters. The van der Waals surface area contributed by atoms with Crippen LogP contribution in [0.1, 0.15) is 51.0 Å². The molecule has 2 rings (SSSR count). The van der Waals surface area contributed by atoms with Crippen molar-refractivity contribution in [2.75, 3.05) is 7.11 Å². The van der Waals surface area contributed by atoms with Gasteiger partial charge in [-0.15, -0.1) is 0 Å². The number of nitrogens with zero attached hydrogens (tertiary/aromatic N) is 1. The maximum atomic E-state index is 11.3. The summed E-state index contributed by atoms with van der Waals surface area (Å²) in [5, 5.41) is 11.3. The molecule has 0 N–H and O–H groups in total. The number of rotatable bonds is 6. The second kappa shape index (κ2) is 8.52. The van der Waals surface area contributed by atoms with Crippen LogP contribution in [0.25, 0.3) is 0 Å². The minimum Gasteiger partial charge on any atom is -0.493 e.